The number of ether oxygens (including phenoxy) is 1. The van der Waals surface area contributed by atoms with E-state index in [0.717, 1.165) is 23.5 Å². The Hall–Kier alpha value is -2.11. The quantitative estimate of drug-likeness (QED) is 0.396. The molecule has 1 heterocycles. The molecule has 1 aromatic heterocycles. The Morgan fingerprint density at radius 2 is 1.58 bits per heavy atom. The summed E-state index contributed by atoms with van der Waals surface area (Å²) in [5.41, 5.74) is 6.79. The van der Waals surface area contributed by atoms with Crippen LogP contribution in [0.1, 0.15) is 101 Å². The Morgan fingerprint density at radius 3 is 2.14 bits per heavy atom. The monoisotopic (exact) mass is 496 g/mol. The summed E-state index contributed by atoms with van der Waals surface area (Å²) in [5.74, 6) is 0.589. The van der Waals surface area contributed by atoms with Gasteiger partial charge in [-0.3, -0.25) is 4.79 Å². The van der Waals surface area contributed by atoms with Gasteiger partial charge in [0.15, 0.2) is 0 Å². The van der Waals surface area contributed by atoms with E-state index in [1.807, 2.05) is 0 Å². The summed E-state index contributed by atoms with van der Waals surface area (Å²) in [6.45, 7) is 17.7. The molecule has 0 atom stereocenters. The number of benzene rings is 1. The maximum Gasteiger partial charge on any atom is 0.253 e. The third kappa shape index (κ3) is 7.23. The van der Waals surface area contributed by atoms with E-state index in [9.17, 15) is 4.79 Å². The highest BCUT2D eigenvalue weighted by molar-refractivity contribution is 5.97. The number of rotatable bonds is 9. The highest BCUT2D eigenvalue weighted by atomic mass is 16.5. The van der Waals surface area contributed by atoms with E-state index in [1.54, 1.807) is 0 Å². The number of aliphatic hydroxyl groups excluding tert-OH is 1. The van der Waals surface area contributed by atoms with Crippen molar-refractivity contribution < 1.29 is 14.6 Å². The van der Waals surface area contributed by atoms with E-state index in [2.05, 4.69) is 82.6 Å². The van der Waals surface area contributed by atoms with Crippen molar-refractivity contribution >= 4 is 5.91 Å². The van der Waals surface area contributed by atoms with Crippen LogP contribution in [0, 0.1) is 12.8 Å². The minimum absolute atomic E-state index is 0.00931. The highest BCUT2D eigenvalue weighted by Gasteiger charge is 2.25. The average Bonchev–Trinajstić information content (AvgIpc) is 3.14. The molecule has 0 spiro atoms. The Kier molecular flexibility index (Phi) is 9.45. The van der Waals surface area contributed by atoms with Gasteiger partial charge in [-0.2, -0.15) is 0 Å². The molecule has 3 rings (SSSR count). The number of carbonyl (C=O) groups is 1. The number of nitrogens with one attached hydrogen (secondary N) is 1. The molecule has 1 aliphatic carbocycles. The van der Waals surface area contributed by atoms with Gasteiger partial charge in [0.25, 0.3) is 5.91 Å². The van der Waals surface area contributed by atoms with Crippen LogP contribution in [0.2, 0.25) is 0 Å². The van der Waals surface area contributed by atoms with Crippen molar-refractivity contribution in [2.75, 3.05) is 26.4 Å². The predicted octanol–water partition coefficient (Wildman–Crippen LogP) is 6.38. The standard InChI is InChI=1S/C31H48N2O3/c1-22-27(29(35)32-13-15-36-16-14-34)20-28(33(22)21-23-11-9-8-10-12-23)24-17-25(30(2,3)4)19-26(18-24)31(5,6)7/h17-20,23,34H,8-16,21H2,1-7H3,(H,32,35). The second kappa shape index (κ2) is 12.0. The van der Waals surface area contributed by atoms with E-state index in [4.69, 9.17) is 9.84 Å². The topological polar surface area (TPSA) is 63.5 Å². The maximum absolute atomic E-state index is 13.2. The molecule has 2 aromatic rings. The number of carbonyl (C=O) groups excluding carboxylic acids is 1. The van der Waals surface area contributed by atoms with Gasteiger partial charge in [-0.1, -0.05) is 66.9 Å². The zero-order valence-electron chi connectivity index (χ0n) is 23.7. The first-order valence-electron chi connectivity index (χ1n) is 13.7. The number of nitrogens with zero attached hydrogens (tertiary/aromatic N) is 1. The summed E-state index contributed by atoms with van der Waals surface area (Å²) in [6.07, 6.45) is 6.46. The molecule has 5 heteroatoms. The van der Waals surface area contributed by atoms with Gasteiger partial charge < -0.3 is 19.7 Å². The van der Waals surface area contributed by atoms with Crippen molar-refractivity contribution in [3.8, 4) is 11.3 Å². The number of aliphatic hydroxyl groups is 1. The maximum atomic E-state index is 13.2. The van der Waals surface area contributed by atoms with Crippen molar-refractivity contribution in [2.24, 2.45) is 5.92 Å². The summed E-state index contributed by atoms with van der Waals surface area (Å²) < 4.78 is 7.72. The first-order chi connectivity index (χ1) is 16.9. The van der Waals surface area contributed by atoms with Crippen molar-refractivity contribution in [3.63, 3.8) is 0 Å². The lowest BCUT2D eigenvalue weighted by atomic mass is 9.79. The van der Waals surface area contributed by atoms with Crippen LogP contribution in [0.25, 0.3) is 11.3 Å². The fourth-order valence-corrected chi connectivity index (χ4v) is 5.12. The first-order valence-corrected chi connectivity index (χ1v) is 13.7. The molecule has 1 aromatic carbocycles. The molecule has 0 bridgehead atoms. The molecule has 0 aliphatic heterocycles. The number of amides is 1. The molecule has 1 amide bonds. The molecule has 36 heavy (non-hydrogen) atoms. The Balaban J connectivity index is 2.04. The third-order valence-corrected chi connectivity index (χ3v) is 7.51. The Bertz CT molecular complexity index is 985. The molecule has 1 saturated carbocycles. The van der Waals surface area contributed by atoms with Crippen LogP contribution < -0.4 is 5.32 Å². The van der Waals surface area contributed by atoms with Gasteiger partial charge in [-0.25, -0.2) is 0 Å². The van der Waals surface area contributed by atoms with Crippen molar-refractivity contribution in [2.45, 2.75) is 97.9 Å². The van der Waals surface area contributed by atoms with E-state index >= 15 is 0 Å². The van der Waals surface area contributed by atoms with Crippen molar-refractivity contribution in [1.82, 2.24) is 9.88 Å². The second-order valence-corrected chi connectivity index (χ2v) is 12.5. The summed E-state index contributed by atoms with van der Waals surface area (Å²) >= 11 is 0. The largest absolute Gasteiger partial charge is 0.394 e. The van der Waals surface area contributed by atoms with Crippen LogP contribution >= 0.6 is 0 Å². The van der Waals surface area contributed by atoms with E-state index < -0.39 is 0 Å². The average molecular weight is 497 g/mol. The predicted molar refractivity (Wildman–Crippen MR) is 149 cm³/mol. The van der Waals surface area contributed by atoms with Crippen LogP contribution in [-0.4, -0.2) is 41.9 Å². The second-order valence-electron chi connectivity index (χ2n) is 12.5. The van der Waals surface area contributed by atoms with Crippen LogP contribution in [0.3, 0.4) is 0 Å². The molecule has 0 radical (unpaired) electrons. The molecule has 2 N–H and O–H groups in total. The number of hydrogen-bond acceptors (Lipinski definition) is 3. The van der Waals surface area contributed by atoms with Gasteiger partial charge in [0.2, 0.25) is 0 Å². The summed E-state index contributed by atoms with van der Waals surface area (Å²) in [5, 5.41) is 11.9. The first kappa shape index (κ1) is 28.5. The Morgan fingerprint density at radius 1 is 0.972 bits per heavy atom. The molecule has 0 saturated heterocycles. The van der Waals surface area contributed by atoms with Crippen molar-refractivity contribution in [3.05, 3.63) is 46.6 Å². The van der Waals surface area contributed by atoms with E-state index in [-0.39, 0.29) is 30.0 Å². The van der Waals surface area contributed by atoms with Crippen LogP contribution in [-0.2, 0) is 22.1 Å². The normalized spacial score (nSPS) is 15.3. The minimum atomic E-state index is -0.0632. The molecular formula is C31H48N2O3. The number of hydrogen-bond donors (Lipinski definition) is 2. The molecule has 1 aliphatic rings. The summed E-state index contributed by atoms with van der Waals surface area (Å²) in [7, 11) is 0. The lowest BCUT2D eigenvalue weighted by molar-refractivity contribution is 0.0837. The smallest absolute Gasteiger partial charge is 0.253 e. The summed E-state index contributed by atoms with van der Waals surface area (Å²) in [4.78, 5) is 13.2. The van der Waals surface area contributed by atoms with Gasteiger partial charge in [0, 0.05) is 24.5 Å². The lowest BCUT2D eigenvalue weighted by Crippen LogP contribution is -2.28. The zero-order valence-corrected chi connectivity index (χ0v) is 23.7. The van der Waals surface area contributed by atoms with Crippen molar-refractivity contribution in [1.29, 1.82) is 0 Å². The third-order valence-electron chi connectivity index (χ3n) is 7.51. The fraction of sp³-hybridized carbons (Fsp3) is 0.645. The molecule has 200 valence electrons. The molecule has 5 nitrogen and oxygen atoms in total. The van der Waals surface area contributed by atoms with Crippen LogP contribution in [0.5, 0.6) is 0 Å². The van der Waals surface area contributed by atoms with Gasteiger partial charge in [-0.15, -0.1) is 0 Å². The van der Waals surface area contributed by atoms with Gasteiger partial charge in [0.05, 0.1) is 25.4 Å². The SMILES string of the molecule is Cc1c(C(=O)NCCOCCO)cc(-c2cc(C(C)(C)C)cc(C(C)(C)C)c2)n1CC1CCCCC1. The van der Waals surface area contributed by atoms with Gasteiger partial charge in [0.1, 0.15) is 0 Å². The van der Waals surface area contributed by atoms with E-state index in [0.29, 0.717) is 19.1 Å². The number of aromatic nitrogens is 1. The molecule has 1 fully saturated rings. The molecule has 0 unspecified atom stereocenters. The highest BCUT2D eigenvalue weighted by Crippen LogP contribution is 2.36. The minimum Gasteiger partial charge on any atom is -0.394 e. The summed E-state index contributed by atoms with van der Waals surface area (Å²) in [6, 6.07) is 9.10. The Labute approximate surface area is 218 Å². The molecular weight excluding hydrogens is 448 g/mol. The van der Waals surface area contributed by atoms with Gasteiger partial charge in [-0.05, 0) is 71.4 Å². The van der Waals surface area contributed by atoms with Gasteiger partial charge >= 0.3 is 0 Å². The van der Waals surface area contributed by atoms with Crippen LogP contribution in [0.4, 0.5) is 0 Å². The van der Waals surface area contributed by atoms with E-state index in [1.165, 1.54) is 48.8 Å². The van der Waals surface area contributed by atoms with Crippen LogP contribution in [0.15, 0.2) is 24.3 Å². The fourth-order valence-electron chi connectivity index (χ4n) is 5.12. The zero-order chi connectivity index (χ0) is 26.5. The lowest BCUT2D eigenvalue weighted by Gasteiger charge is -2.27.